The van der Waals surface area contributed by atoms with Crippen molar-refractivity contribution in [3.05, 3.63) is 45.8 Å². The van der Waals surface area contributed by atoms with Crippen LogP contribution in [0.4, 0.5) is 4.39 Å². The molecule has 0 radical (unpaired) electrons. The number of halogens is 1. The van der Waals surface area contributed by atoms with Crippen molar-refractivity contribution in [3.63, 3.8) is 0 Å². The standard InChI is InChI=1S/C20H20FN3O2S2/c1-12-4-2-3-9-24(12)16(25)11-28-20-22-18(26)17-15(10-27-19(17)23-20)13-5-7-14(21)8-6-13/h5-8,10,12H,2-4,9,11H2,1H3,(H,22,23,26)/t12-/m1/s1. The number of rotatable bonds is 4. The van der Waals surface area contributed by atoms with Gasteiger partial charge in [-0.15, -0.1) is 11.3 Å². The predicted octanol–water partition coefficient (Wildman–Crippen LogP) is 4.28. The van der Waals surface area contributed by atoms with Crippen LogP contribution in [0.1, 0.15) is 26.2 Å². The number of carbonyl (C=O) groups excluding carboxylic acids is 1. The van der Waals surface area contributed by atoms with E-state index in [1.165, 1.54) is 41.7 Å². The Labute approximate surface area is 170 Å². The number of carbonyl (C=O) groups is 1. The van der Waals surface area contributed by atoms with Crippen molar-refractivity contribution >= 4 is 39.2 Å². The molecule has 3 aromatic rings. The first-order chi connectivity index (χ1) is 13.5. The number of aromatic amines is 1. The Bertz CT molecular complexity index is 1060. The Morgan fingerprint density at radius 2 is 2.14 bits per heavy atom. The fourth-order valence-electron chi connectivity index (χ4n) is 3.52. The molecule has 1 fully saturated rings. The minimum atomic E-state index is -0.318. The third-order valence-electron chi connectivity index (χ3n) is 5.03. The largest absolute Gasteiger partial charge is 0.339 e. The van der Waals surface area contributed by atoms with Gasteiger partial charge in [-0.2, -0.15) is 0 Å². The number of hydrogen-bond donors (Lipinski definition) is 1. The van der Waals surface area contributed by atoms with Crippen LogP contribution in [0.25, 0.3) is 21.3 Å². The highest BCUT2D eigenvalue weighted by molar-refractivity contribution is 7.99. The summed E-state index contributed by atoms with van der Waals surface area (Å²) in [7, 11) is 0. The zero-order valence-corrected chi connectivity index (χ0v) is 17.0. The Hall–Kier alpha value is -2.19. The summed E-state index contributed by atoms with van der Waals surface area (Å²) in [4.78, 5) is 35.0. The first-order valence-electron chi connectivity index (χ1n) is 9.22. The Morgan fingerprint density at radius 1 is 1.36 bits per heavy atom. The van der Waals surface area contributed by atoms with Gasteiger partial charge in [0.05, 0.1) is 11.1 Å². The third kappa shape index (κ3) is 3.84. The molecule has 1 aliphatic heterocycles. The molecule has 1 N–H and O–H groups in total. The summed E-state index contributed by atoms with van der Waals surface area (Å²) in [5.74, 6) is 0.0226. The van der Waals surface area contributed by atoms with Crippen molar-refractivity contribution in [2.75, 3.05) is 12.3 Å². The molecule has 8 heteroatoms. The van der Waals surface area contributed by atoms with Crippen LogP contribution in [0.5, 0.6) is 0 Å². The number of fused-ring (bicyclic) bond motifs is 1. The number of hydrogen-bond acceptors (Lipinski definition) is 5. The third-order valence-corrected chi connectivity index (χ3v) is 6.76. The van der Waals surface area contributed by atoms with Gasteiger partial charge >= 0.3 is 0 Å². The van der Waals surface area contributed by atoms with Gasteiger partial charge in [-0.3, -0.25) is 9.59 Å². The van der Waals surface area contributed by atoms with Crippen molar-refractivity contribution in [2.24, 2.45) is 0 Å². The fraction of sp³-hybridized carbons (Fsp3) is 0.350. The molecule has 1 atom stereocenters. The van der Waals surface area contributed by atoms with Crippen LogP contribution in [0.15, 0.2) is 39.6 Å². The van der Waals surface area contributed by atoms with Crippen LogP contribution >= 0.6 is 23.1 Å². The molecule has 0 saturated carbocycles. The maximum atomic E-state index is 13.2. The lowest BCUT2D eigenvalue weighted by atomic mass is 10.0. The first-order valence-corrected chi connectivity index (χ1v) is 11.1. The number of H-pyrrole nitrogens is 1. The maximum absolute atomic E-state index is 13.2. The molecule has 2 aromatic heterocycles. The van der Waals surface area contributed by atoms with Gasteiger partial charge in [-0.1, -0.05) is 23.9 Å². The van der Waals surface area contributed by atoms with Gasteiger partial charge in [0.1, 0.15) is 10.6 Å². The number of likely N-dealkylation sites (tertiary alicyclic amines) is 1. The van der Waals surface area contributed by atoms with E-state index in [4.69, 9.17) is 0 Å². The number of piperidine rings is 1. The van der Waals surface area contributed by atoms with Crippen LogP contribution in [0, 0.1) is 5.82 Å². The molecule has 3 heterocycles. The molecular formula is C20H20FN3O2S2. The van der Waals surface area contributed by atoms with E-state index < -0.39 is 0 Å². The highest BCUT2D eigenvalue weighted by Gasteiger charge is 2.23. The van der Waals surface area contributed by atoms with E-state index in [9.17, 15) is 14.0 Å². The Kier molecular flexibility index (Phi) is 5.50. The number of thioether (sulfide) groups is 1. The second kappa shape index (κ2) is 8.05. The van der Waals surface area contributed by atoms with Crippen LogP contribution in [0.3, 0.4) is 0 Å². The van der Waals surface area contributed by atoms with Crippen molar-refractivity contribution in [3.8, 4) is 11.1 Å². The highest BCUT2D eigenvalue weighted by Crippen LogP contribution is 2.31. The molecule has 146 valence electrons. The second-order valence-corrected chi connectivity index (χ2v) is 8.75. The molecule has 0 spiro atoms. The van der Waals surface area contributed by atoms with Crippen LogP contribution in [-0.4, -0.2) is 39.1 Å². The van der Waals surface area contributed by atoms with Crippen molar-refractivity contribution in [1.82, 2.24) is 14.9 Å². The molecule has 1 aliphatic rings. The normalized spacial score (nSPS) is 17.2. The smallest absolute Gasteiger partial charge is 0.260 e. The van der Waals surface area contributed by atoms with Gasteiger partial charge in [0, 0.05) is 23.5 Å². The summed E-state index contributed by atoms with van der Waals surface area (Å²) in [5, 5.41) is 2.80. The zero-order valence-electron chi connectivity index (χ0n) is 15.4. The van der Waals surface area contributed by atoms with E-state index in [-0.39, 0.29) is 29.1 Å². The van der Waals surface area contributed by atoms with Gasteiger partial charge in [-0.25, -0.2) is 9.37 Å². The summed E-state index contributed by atoms with van der Waals surface area (Å²) < 4.78 is 13.2. The molecule has 1 aromatic carbocycles. The Morgan fingerprint density at radius 3 is 2.89 bits per heavy atom. The first kappa shape index (κ1) is 19.1. The minimum Gasteiger partial charge on any atom is -0.339 e. The zero-order chi connectivity index (χ0) is 19.7. The lowest BCUT2D eigenvalue weighted by Gasteiger charge is -2.33. The average Bonchev–Trinajstić information content (AvgIpc) is 3.12. The number of nitrogens with one attached hydrogen (secondary N) is 1. The number of nitrogens with zero attached hydrogens (tertiary/aromatic N) is 2. The van der Waals surface area contributed by atoms with Crippen molar-refractivity contribution in [1.29, 1.82) is 0 Å². The number of thiophene rings is 1. The summed E-state index contributed by atoms with van der Waals surface area (Å²) in [5.41, 5.74) is 1.27. The summed E-state index contributed by atoms with van der Waals surface area (Å²) in [6.45, 7) is 2.88. The fourth-order valence-corrected chi connectivity index (χ4v) is 5.27. The molecule has 5 nitrogen and oxygen atoms in total. The second-order valence-electron chi connectivity index (χ2n) is 6.93. The lowest BCUT2D eigenvalue weighted by Crippen LogP contribution is -2.43. The molecule has 4 rings (SSSR count). The van der Waals surface area contributed by atoms with Crippen molar-refractivity contribution < 1.29 is 9.18 Å². The quantitative estimate of drug-likeness (QED) is 0.508. The van der Waals surface area contributed by atoms with Gasteiger partial charge in [-0.05, 0) is 43.9 Å². The van der Waals surface area contributed by atoms with Crippen LogP contribution in [-0.2, 0) is 4.79 Å². The summed E-state index contributed by atoms with van der Waals surface area (Å²) >= 11 is 2.63. The molecule has 0 bridgehead atoms. The average molecular weight is 418 g/mol. The Balaban J connectivity index is 1.54. The maximum Gasteiger partial charge on any atom is 0.260 e. The molecule has 1 saturated heterocycles. The SMILES string of the molecule is C[C@@H]1CCCCN1C(=O)CSc1nc2scc(-c3ccc(F)cc3)c2c(=O)[nH]1. The van der Waals surface area contributed by atoms with Crippen LogP contribution in [0.2, 0.25) is 0 Å². The van der Waals surface area contributed by atoms with Crippen LogP contribution < -0.4 is 5.56 Å². The lowest BCUT2D eigenvalue weighted by molar-refractivity contribution is -0.131. The van der Waals surface area contributed by atoms with Gasteiger partial charge in [0.25, 0.3) is 5.56 Å². The molecule has 28 heavy (non-hydrogen) atoms. The molecule has 0 unspecified atom stereocenters. The highest BCUT2D eigenvalue weighted by atomic mass is 32.2. The molecule has 1 amide bonds. The molecular weight excluding hydrogens is 397 g/mol. The van der Waals surface area contributed by atoms with E-state index in [1.54, 1.807) is 12.1 Å². The number of amides is 1. The van der Waals surface area contributed by atoms with E-state index in [2.05, 4.69) is 16.9 Å². The van der Waals surface area contributed by atoms with E-state index in [0.29, 0.717) is 15.4 Å². The van der Waals surface area contributed by atoms with Crippen molar-refractivity contribution in [2.45, 2.75) is 37.4 Å². The molecule has 0 aliphatic carbocycles. The van der Waals surface area contributed by atoms with Gasteiger partial charge in [0.2, 0.25) is 5.91 Å². The van der Waals surface area contributed by atoms with E-state index in [1.807, 2.05) is 10.3 Å². The number of aromatic nitrogens is 2. The van der Waals surface area contributed by atoms with Gasteiger partial charge < -0.3 is 9.88 Å². The monoisotopic (exact) mass is 417 g/mol. The van der Waals surface area contributed by atoms with E-state index >= 15 is 0 Å². The van der Waals surface area contributed by atoms with Gasteiger partial charge in [0.15, 0.2) is 5.16 Å². The summed E-state index contributed by atoms with van der Waals surface area (Å²) in [6.07, 6.45) is 3.25. The minimum absolute atomic E-state index is 0.0816. The summed E-state index contributed by atoms with van der Waals surface area (Å²) in [6, 6.07) is 6.32. The topological polar surface area (TPSA) is 66.1 Å². The number of benzene rings is 1. The van der Waals surface area contributed by atoms with E-state index in [0.717, 1.165) is 30.5 Å². The predicted molar refractivity (Wildman–Crippen MR) is 111 cm³/mol.